The van der Waals surface area contributed by atoms with Crippen LogP contribution in [0.3, 0.4) is 0 Å². The maximum atomic E-state index is 6.11. The zero-order valence-corrected chi connectivity index (χ0v) is 11.7. The third-order valence-corrected chi connectivity index (χ3v) is 3.83. The molecule has 0 aliphatic rings. The molecule has 0 unspecified atom stereocenters. The van der Waals surface area contributed by atoms with Gasteiger partial charge in [-0.05, 0) is 50.3 Å². The summed E-state index contributed by atoms with van der Waals surface area (Å²) >= 11 is 1.77. The van der Waals surface area contributed by atoms with Gasteiger partial charge in [0, 0.05) is 10.4 Å². The van der Waals surface area contributed by atoms with Crippen LogP contribution in [0.1, 0.15) is 30.5 Å². The van der Waals surface area contributed by atoms with Gasteiger partial charge in [-0.1, -0.05) is 29.3 Å². The van der Waals surface area contributed by atoms with E-state index in [2.05, 4.69) is 43.5 Å². The van der Waals surface area contributed by atoms with E-state index in [-0.39, 0.29) is 5.54 Å². The predicted molar refractivity (Wildman–Crippen MR) is 76.4 cm³/mol. The molecular weight excluding hydrogens is 226 g/mol. The lowest BCUT2D eigenvalue weighted by Crippen LogP contribution is -2.27. The minimum atomic E-state index is -0.256. The van der Waals surface area contributed by atoms with E-state index in [9.17, 15) is 0 Å². The minimum absolute atomic E-state index is 0.256. The predicted octanol–water partition coefficient (Wildman–Crippen LogP) is 4.23. The zero-order valence-electron chi connectivity index (χ0n) is 10.9. The molecule has 0 radical (unpaired) electrons. The highest BCUT2D eigenvalue weighted by Crippen LogP contribution is 2.32. The van der Waals surface area contributed by atoms with E-state index in [0.29, 0.717) is 0 Å². The number of benzene rings is 1. The second-order valence-corrected chi connectivity index (χ2v) is 6.21. The molecule has 2 N–H and O–H groups in total. The highest BCUT2D eigenvalue weighted by Gasteiger charge is 2.16. The Morgan fingerprint density at radius 2 is 1.59 bits per heavy atom. The van der Waals surface area contributed by atoms with Gasteiger partial charge in [-0.2, -0.15) is 0 Å². The molecule has 0 fully saturated rings. The van der Waals surface area contributed by atoms with Crippen molar-refractivity contribution in [1.82, 2.24) is 0 Å². The molecule has 1 aromatic carbocycles. The van der Waals surface area contributed by atoms with Crippen molar-refractivity contribution in [2.24, 2.45) is 5.73 Å². The average Bonchev–Trinajstić information content (AvgIpc) is 2.63. The molecule has 0 bridgehead atoms. The van der Waals surface area contributed by atoms with Crippen molar-refractivity contribution in [1.29, 1.82) is 0 Å². The van der Waals surface area contributed by atoms with Crippen LogP contribution in [-0.4, -0.2) is 0 Å². The van der Waals surface area contributed by atoms with Crippen LogP contribution in [-0.2, 0) is 5.54 Å². The first-order valence-electron chi connectivity index (χ1n) is 5.83. The summed E-state index contributed by atoms with van der Waals surface area (Å²) in [7, 11) is 0. The highest BCUT2D eigenvalue weighted by molar-refractivity contribution is 7.13. The van der Waals surface area contributed by atoms with Gasteiger partial charge in [0.15, 0.2) is 0 Å². The molecule has 0 atom stereocenters. The van der Waals surface area contributed by atoms with E-state index in [1.807, 2.05) is 13.8 Å². The molecule has 0 saturated carbocycles. The van der Waals surface area contributed by atoms with Crippen molar-refractivity contribution in [2.45, 2.75) is 33.2 Å². The van der Waals surface area contributed by atoms with E-state index in [1.165, 1.54) is 27.1 Å². The average molecular weight is 245 g/mol. The first-order valence-corrected chi connectivity index (χ1v) is 6.71. The molecule has 0 amide bonds. The molecular formula is C15H19NS. The van der Waals surface area contributed by atoms with Crippen molar-refractivity contribution >= 4 is 11.3 Å². The summed E-state index contributed by atoms with van der Waals surface area (Å²) < 4.78 is 0. The molecule has 1 aromatic heterocycles. The van der Waals surface area contributed by atoms with Crippen molar-refractivity contribution in [2.75, 3.05) is 0 Å². The summed E-state index contributed by atoms with van der Waals surface area (Å²) in [6, 6.07) is 8.86. The number of rotatable bonds is 2. The van der Waals surface area contributed by atoms with Crippen molar-refractivity contribution in [3.05, 3.63) is 46.3 Å². The molecule has 17 heavy (non-hydrogen) atoms. The van der Waals surface area contributed by atoms with Crippen LogP contribution < -0.4 is 5.73 Å². The molecule has 2 rings (SSSR count). The van der Waals surface area contributed by atoms with Gasteiger partial charge in [-0.3, -0.25) is 0 Å². The van der Waals surface area contributed by atoms with Crippen LogP contribution in [0.5, 0.6) is 0 Å². The lowest BCUT2D eigenvalue weighted by molar-refractivity contribution is 0.557. The topological polar surface area (TPSA) is 26.0 Å². The summed E-state index contributed by atoms with van der Waals surface area (Å²) in [6.45, 7) is 8.36. The van der Waals surface area contributed by atoms with Crippen LogP contribution in [0.4, 0.5) is 0 Å². The van der Waals surface area contributed by atoms with Crippen LogP contribution in [0.2, 0.25) is 0 Å². The van der Waals surface area contributed by atoms with Crippen LogP contribution >= 0.6 is 11.3 Å². The first-order chi connectivity index (χ1) is 7.86. The first kappa shape index (κ1) is 12.3. The standard InChI is InChI=1S/C15H19NS/c1-10-5-11(2)7-12(6-10)14-8-13(9-17-14)15(3,4)16/h5-9H,16H2,1-4H3. The van der Waals surface area contributed by atoms with E-state index >= 15 is 0 Å². The van der Waals surface area contributed by atoms with Gasteiger partial charge in [0.05, 0.1) is 0 Å². The second-order valence-electron chi connectivity index (χ2n) is 5.30. The number of thiophene rings is 1. The Kier molecular flexibility index (Phi) is 3.11. The van der Waals surface area contributed by atoms with E-state index < -0.39 is 0 Å². The van der Waals surface area contributed by atoms with Gasteiger partial charge >= 0.3 is 0 Å². The monoisotopic (exact) mass is 245 g/mol. The lowest BCUT2D eigenvalue weighted by Gasteiger charge is -2.16. The van der Waals surface area contributed by atoms with E-state index in [1.54, 1.807) is 11.3 Å². The van der Waals surface area contributed by atoms with Gasteiger partial charge in [-0.15, -0.1) is 11.3 Å². The molecule has 0 spiro atoms. The molecule has 0 aliphatic carbocycles. The molecule has 1 heterocycles. The summed E-state index contributed by atoms with van der Waals surface area (Å²) in [6.07, 6.45) is 0. The highest BCUT2D eigenvalue weighted by atomic mass is 32.1. The second kappa shape index (κ2) is 4.28. The van der Waals surface area contributed by atoms with Gasteiger partial charge in [0.1, 0.15) is 0 Å². The third-order valence-electron chi connectivity index (χ3n) is 2.85. The van der Waals surface area contributed by atoms with E-state index in [4.69, 9.17) is 5.73 Å². The largest absolute Gasteiger partial charge is 0.322 e. The van der Waals surface area contributed by atoms with Gasteiger partial charge in [-0.25, -0.2) is 0 Å². The Morgan fingerprint density at radius 3 is 2.06 bits per heavy atom. The Morgan fingerprint density at radius 1 is 1.00 bits per heavy atom. The summed E-state index contributed by atoms with van der Waals surface area (Å²) in [4.78, 5) is 1.30. The zero-order chi connectivity index (χ0) is 12.6. The number of hydrogen-bond donors (Lipinski definition) is 1. The van der Waals surface area contributed by atoms with Crippen LogP contribution in [0.25, 0.3) is 10.4 Å². The van der Waals surface area contributed by atoms with Crippen molar-refractivity contribution < 1.29 is 0 Å². The fraction of sp³-hybridized carbons (Fsp3) is 0.333. The van der Waals surface area contributed by atoms with Crippen LogP contribution in [0.15, 0.2) is 29.6 Å². The number of nitrogens with two attached hydrogens (primary N) is 1. The fourth-order valence-electron chi connectivity index (χ4n) is 1.94. The maximum Gasteiger partial charge on any atom is 0.0360 e. The molecule has 2 aromatic rings. The maximum absolute atomic E-state index is 6.11. The quantitative estimate of drug-likeness (QED) is 0.842. The third kappa shape index (κ3) is 2.76. The summed E-state index contributed by atoms with van der Waals surface area (Å²) in [5, 5.41) is 2.16. The van der Waals surface area contributed by atoms with Crippen LogP contribution in [0, 0.1) is 13.8 Å². The fourth-order valence-corrected chi connectivity index (χ4v) is 3.02. The summed E-state index contributed by atoms with van der Waals surface area (Å²) in [5.41, 5.74) is 11.0. The van der Waals surface area contributed by atoms with Crippen molar-refractivity contribution in [3.63, 3.8) is 0 Å². The van der Waals surface area contributed by atoms with Gasteiger partial charge in [0.2, 0.25) is 0 Å². The Bertz CT molecular complexity index is 512. The molecule has 0 saturated heterocycles. The Labute approximate surface area is 107 Å². The summed E-state index contributed by atoms with van der Waals surface area (Å²) in [5.74, 6) is 0. The SMILES string of the molecule is Cc1cc(C)cc(-c2cc(C(C)(C)N)cs2)c1. The smallest absolute Gasteiger partial charge is 0.0360 e. The number of aryl methyl sites for hydroxylation is 2. The lowest BCUT2D eigenvalue weighted by atomic mass is 9.97. The normalized spacial score (nSPS) is 11.8. The van der Waals surface area contributed by atoms with Gasteiger partial charge in [0.25, 0.3) is 0 Å². The molecule has 0 aliphatic heterocycles. The molecule has 2 heteroatoms. The number of hydrogen-bond acceptors (Lipinski definition) is 2. The molecule has 1 nitrogen and oxygen atoms in total. The molecule has 90 valence electrons. The van der Waals surface area contributed by atoms with E-state index in [0.717, 1.165) is 0 Å². The Hall–Kier alpha value is -1.12. The van der Waals surface area contributed by atoms with Gasteiger partial charge < -0.3 is 5.73 Å². The Balaban J connectivity index is 2.44. The van der Waals surface area contributed by atoms with Crippen molar-refractivity contribution in [3.8, 4) is 10.4 Å². The minimum Gasteiger partial charge on any atom is -0.322 e.